The highest BCUT2D eigenvalue weighted by molar-refractivity contribution is 6.11. The molecule has 0 bridgehead atoms. The number of para-hydroxylation sites is 2. The third-order valence-corrected chi connectivity index (χ3v) is 7.50. The zero-order valence-electron chi connectivity index (χ0n) is 21.3. The van der Waals surface area contributed by atoms with Crippen LogP contribution in [-0.4, -0.2) is 4.57 Å². The number of aryl methyl sites for hydroxylation is 1. The lowest BCUT2D eigenvalue weighted by molar-refractivity contribution is 1.18. The smallest absolute Gasteiger partial charge is 0.0541 e. The van der Waals surface area contributed by atoms with Crippen LogP contribution in [0.1, 0.15) is 5.56 Å². The van der Waals surface area contributed by atoms with Crippen molar-refractivity contribution in [2.24, 2.45) is 0 Å². The van der Waals surface area contributed by atoms with E-state index in [1.807, 2.05) is 0 Å². The molecule has 0 atom stereocenters. The number of aromatic nitrogens is 1. The maximum Gasteiger partial charge on any atom is 0.0541 e. The lowest BCUT2D eigenvalue weighted by atomic mass is 9.89. The molecule has 0 N–H and O–H groups in total. The van der Waals surface area contributed by atoms with E-state index in [0.717, 1.165) is 0 Å². The molecule has 1 aromatic heterocycles. The van der Waals surface area contributed by atoms with Gasteiger partial charge in [0.2, 0.25) is 0 Å². The Balaban J connectivity index is 1.44. The molecule has 7 aromatic rings. The number of rotatable bonds is 4. The highest BCUT2D eigenvalue weighted by Gasteiger charge is 2.16. The van der Waals surface area contributed by atoms with Crippen molar-refractivity contribution in [1.82, 2.24) is 4.57 Å². The van der Waals surface area contributed by atoms with E-state index in [1.54, 1.807) is 0 Å². The average molecular weight is 486 g/mol. The summed E-state index contributed by atoms with van der Waals surface area (Å²) in [5.41, 5.74) is 12.3. The quantitative estimate of drug-likeness (QED) is 0.234. The van der Waals surface area contributed by atoms with Gasteiger partial charge in [-0.15, -0.1) is 0 Å². The lowest BCUT2D eigenvalue weighted by Crippen LogP contribution is -1.93. The molecule has 1 nitrogen and oxygen atoms in total. The average Bonchev–Trinajstić information content (AvgIpc) is 3.32. The molecule has 0 amide bonds. The van der Waals surface area contributed by atoms with Crippen molar-refractivity contribution in [3.63, 3.8) is 0 Å². The van der Waals surface area contributed by atoms with Crippen molar-refractivity contribution in [2.45, 2.75) is 6.92 Å². The first-order valence-electron chi connectivity index (χ1n) is 13.1. The van der Waals surface area contributed by atoms with Crippen molar-refractivity contribution in [2.75, 3.05) is 0 Å². The van der Waals surface area contributed by atoms with Crippen LogP contribution in [-0.2, 0) is 0 Å². The normalized spacial score (nSPS) is 11.3. The van der Waals surface area contributed by atoms with Crippen LogP contribution in [0.2, 0.25) is 0 Å². The third-order valence-electron chi connectivity index (χ3n) is 7.50. The van der Waals surface area contributed by atoms with E-state index in [-0.39, 0.29) is 0 Å². The van der Waals surface area contributed by atoms with E-state index < -0.39 is 0 Å². The molecule has 6 aromatic carbocycles. The van der Waals surface area contributed by atoms with E-state index in [0.29, 0.717) is 0 Å². The Morgan fingerprint density at radius 1 is 0.395 bits per heavy atom. The highest BCUT2D eigenvalue weighted by atomic mass is 15.0. The molecule has 0 aliphatic rings. The van der Waals surface area contributed by atoms with Gasteiger partial charge in [-0.25, -0.2) is 0 Å². The molecule has 1 heteroatoms. The van der Waals surface area contributed by atoms with Gasteiger partial charge in [0.1, 0.15) is 0 Å². The molecule has 0 saturated heterocycles. The summed E-state index contributed by atoms with van der Waals surface area (Å²) in [5, 5.41) is 2.54. The van der Waals surface area contributed by atoms with Gasteiger partial charge in [-0.1, -0.05) is 121 Å². The monoisotopic (exact) mass is 485 g/mol. The van der Waals surface area contributed by atoms with Crippen molar-refractivity contribution in [1.29, 1.82) is 0 Å². The van der Waals surface area contributed by atoms with Gasteiger partial charge in [0.25, 0.3) is 0 Å². The molecule has 7 rings (SSSR count). The number of hydrogen-bond donors (Lipinski definition) is 0. The molecule has 38 heavy (non-hydrogen) atoms. The van der Waals surface area contributed by atoms with Crippen molar-refractivity contribution >= 4 is 21.8 Å². The Bertz CT molecular complexity index is 1910. The fourth-order valence-corrected chi connectivity index (χ4v) is 5.67. The first kappa shape index (κ1) is 22.3. The number of nitrogens with zero attached hydrogens (tertiary/aromatic N) is 1. The van der Waals surface area contributed by atoms with Crippen LogP contribution >= 0.6 is 0 Å². The maximum atomic E-state index is 2.37. The van der Waals surface area contributed by atoms with Crippen LogP contribution in [0.25, 0.3) is 60.9 Å². The number of fused-ring (bicyclic) bond motifs is 3. The molecular weight excluding hydrogens is 458 g/mol. The second kappa shape index (κ2) is 9.21. The van der Waals surface area contributed by atoms with E-state index in [9.17, 15) is 0 Å². The van der Waals surface area contributed by atoms with Gasteiger partial charge >= 0.3 is 0 Å². The van der Waals surface area contributed by atoms with E-state index in [2.05, 4.69) is 157 Å². The van der Waals surface area contributed by atoms with E-state index >= 15 is 0 Å². The summed E-state index contributed by atoms with van der Waals surface area (Å²) in [6.07, 6.45) is 0. The molecular formula is C37H27N. The molecule has 0 aliphatic carbocycles. The minimum Gasteiger partial charge on any atom is -0.309 e. The topological polar surface area (TPSA) is 4.93 Å². The second-order valence-electron chi connectivity index (χ2n) is 9.88. The predicted octanol–water partition coefficient (Wildman–Crippen LogP) is 10.1. The van der Waals surface area contributed by atoms with Crippen LogP contribution in [0.3, 0.4) is 0 Å². The first-order chi connectivity index (χ1) is 18.8. The van der Waals surface area contributed by atoms with Crippen molar-refractivity contribution in [3.05, 3.63) is 151 Å². The predicted molar refractivity (Wildman–Crippen MR) is 162 cm³/mol. The summed E-state index contributed by atoms with van der Waals surface area (Å²) in [6.45, 7) is 2.13. The molecule has 0 spiro atoms. The summed E-state index contributed by atoms with van der Waals surface area (Å²) in [4.78, 5) is 0. The van der Waals surface area contributed by atoms with Gasteiger partial charge in [-0.2, -0.15) is 0 Å². The Kier molecular flexibility index (Phi) is 5.41. The lowest BCUT2D eigenvalue weighted by Gasteiger charge is -2.15. The summed E-state index contributed by atoms with van der Waals surface area (Å²) in [7, 11) is 0. The van der Waals surface area contributed by atoms with Crippen LogP contribution in [0.4, 0.5) is 0 Å². The Morgan fingerprint density at radius 2 is 0.921 bits per heavy atom. The van der Waals surface area contributed by atoms with Gasteiger partial charge in [0.05, 0.1) is 11.0 Å². The van der Waals surface area contributed by atoms with Gasteiger partial charge in [-0.05, 0) is 70.6 Å². The molecule has 0 radical (unpaired) electrons. The number of hydrogen-bond acceptors (Lipinski definition) is 0. The van der Waals surface area contributed by atoms with E-state index in [4.69, 9.17) is 0 Å². The molecule has 1 heterocycles. The van der Waals surface area contributed by atoms with Gasteiger partial charge < -0.3 is 4.57 Å². The minimum atomic E-state index is 1.18. The van der Waals surface area contributed by atoms with Crippen LogP contribution < -0.4 is 0 Å². The fraction of sp³-hybridized carbons (Fsp3) is 0.0270. The largest absolute Gasteiger partial charge is 0.309 e. The molecule has 0 fully saturated rings. The molecule has 180 valence electrons. The number of benzene rings is 6. The summed E-state index contributed by atoms with van der Waals surface area (Å²) in [6, 6.07) is 52.6. The minimum absolute atomic E-state index is 1.18. The highest BCUT2D eigenvalue weighted by Crippen LogP contribution is 2.40. The van der Waals surface area contributed by atoms with Gasteiger partial charge in [0, 0.05) is 16.5 Å². The van der Waals surface area contributed by atoms with Gasteiger partial charge in [-0.3, -0.25) is 0 Å². The van der Waals surface area contributed by atoms with Gasteiger partial charge in [0.15, 0.2) is 0 Å². The Labute approximate surface area is 223 Å². The molecule has 0 unspecified atom stereocenters. The Morgan fingerprint density at radius 3 is 1.63 bits per heavy atom. The third kappa shape index (κ3) is 3.72. The zero-order chi connectivity index (χ0) is 25.5. The first-order valence-corrected chi connectivity index (χ1v) is 13.1. The van der Waals surface area contributed by atoms with Crippen LogP contribution in [0.5, 0.6) is 0 Å². The van der Waals surface area contributed by atoms with Crippen LogP contribution in [0.15, 0.2) is 146 Å². The SMILES string of the molecule is Cc1ccc(-c2ccccc2-c2ccccc2-c2ccc3c(c2)c2ccccc2n3-c2ccccc2)cc1. The van der Waals surface area contributed by atoms with Crippen LogP contribution in [0, 0.1) is 6.92 Å². The Hall–Kier alpha value is -4.88. The zero-order valence-corrected chi connectivity index (χ0v) is 21.3. The second-order valence-corrected chi connectivity index (χ2v) is 9.88. The summed E-state index contributed by atoms with van der Waals surface area (Å²) in [5.74, 6) is 0. The summed E-state index contributed by atoms with van der Waals surface area (Å²) < 4.78 is 2.37. The van der Waals surface area contributed by atoms with Crippen molar-refractivity contribution in [3.8, 4) is 39.1 Å². The molecule has 0 saturated carbocycles. The molecule has 0 aliphatic heterocycles. The fourth-order valence-electron chi connectivity index (χ4n) is 5.67. The maximum absolute atomic E-state index is 2.37. The summed E-state index contributed by atoms with van der Waals surface area (Å²) >= 11 is 0. The standard InChI is InChI=1S/C37H27N/c1-26-19-21-27(22-20-26)30-13-5-7-15-32(30)33-16-8-6-14-31(33)28-23-24-37-35(25-28)34-17-9-10-18-36(34)38(37)29-11-3-2-4-12-29/h2-25H,1H3. The van der Waals surface area contributed by atoms with E-state index in [1.165, 1.54) is 66.4 Å². The van der Waals surface area contributed by atoms with Crippen molar-refractivity contribution < 1.29 is 0 Å².